The van der Waals surface area contributed by atoms with Crippen molar-refractivity contribution in [3.05, 3.63) is 0 Å². The lowest BCUT2D eigenvalue weighted by atomic mass is 9.99. The van der Waals surface area contributed by atoms with Gasteiger partial charge in [0, 0.05) is 39.3 Å². The molecule has 0 aromatic carbocycles. The fourth-order valence-corrected chi connectivity index (χ4v) is 3.40. The van der Waals surface area contributed by atoms with Crippen molar-refractivity contribution in [1.82, 2.24) is 9.80 Å². The van der Waals surface area contributed by atoms with Crippen molar-refractivity contribution >= 4 is 5.97 Å². The highest BCUT2D eigenvalue weighted by atomic mass is 16.5. The molecule has 1 unspecified atom stereocenters. The van der Waals surface area contributed by atoms with E-state index in [1.54, 1.807) is 0 Å². The van der Waals surface area contributed by atoms with Crippen molar-refractivity contribution in [1.29, 1.82) is 0 Å². The first-order valence-corrected chi connectivity index (χ1v) is 7.74. The summed E-state index contributed by atoms with van der Waals surface area (Å²) in [6.07, 6.45) is 0.224. The molecule has 0 amide bonds. The van der Waals surface area contributed by atoms with E-state index in [0.29, 0.717) is 12.5 Å². The zero-order chi connectivity index (χ0) is 14.7. The molecular weight excluding hydrogens is 256 g/mol. The van der Waals surface area contributed by atoms with E-state index in [0.717, 1.165) is 39.3 Å². The molecule has 0 aromatic heterocycles. The maximum Gasteiger partial charge on any atom is 0.308 e. The summed E-state index contributed by atoms with van der Waals surface area (Å²) < 4.78 is 5.85. The number of rotatable bonds is 5. The van der Waals surface area contributed by atoms with Crippen LogP contribution < -0.4 is 0 Å². The number of carbonyl (C=O) groups is 1. The molecule has 116 valence electrons. The van der Waals surface area contributed by atoms with Gasteiger partial charge < -0.3 is 9.84 Å². The van der Waals surface area contributed by atoms with E-state index in [9.17, 15) is 9.90 Å². The minimum atomic E-state index is -0.661. The van der Waals surface area contributed by atoms with E-state index in [1.807, 2.05) is 6.92 Å². The fourth-order valence-electron chi connectivity index (χ4n) is 3.40. The molecule has 2 fully saturated rings. The predicted octanol–water partition coefficient (Wildman–Crippen LogP) is 0.996. The number of carboxylic acids is 1. The normalized spacial score (nSPS) is 32.9. The van der Waals surface area contributed by atoms with Gasteiger partial charge in [0.05, 0.1) is 18.6 Å². The molecule has 2 heterocycles. The third kappa shape index (κ3) is 4.17. The SMILES string of the molecule is CC(C)CN1CCOC(CN2C[C@@H](C)[C@H](C(=O)O)C2)C1. The maximum absolute atomic E-state index is 11.2. The van der Waals surface area contributed by atoms with Gasteiger partial charge in [-0.25, -0.2) is 0 Å². The van der Waals surface area contributed by atoms with E-state index in [-0.39, 0.29) is 17.9 Å². The summed E-state index contributed by atoms with van der Waals surface area (Å²) in [5.74, 6) is 0.0381. The predicted molar refractivity (Wildman–Crippen MR) is 77.7 cm³/mol. The quantitative estimate of drug-likeness (QED) is 0.816. The highest BCUT2D eigenvalue weighted by molar-refractivity contribution is 5.71. The molecule has 0 radical (unpaired) electrons. The average molecular weight is 284 g/mol. The second-order valence-electron chi connectivity index (χ2n) is 6.79. The van der Waals surface area contributed by atoms with Gasteiger partial charge in [-0.3, -0.25) is 14.6 Å². The van der Waals surface area contributed by atoms with Crippen molar-refractivity contribution < 1.29 is 14.6 Å². The Morgan fingerprint density at radius 1 is 1.30 bits per heavy atom. The molecular formula is C15H28N2O3. The Morgan fingerprint density at radius 2 is 2.05 bits per heavy atom. The summed E-state index contributed by atoms with van der Waals surface area (Å²) >= 11 is 0. The second kappa shape index (κ2) is 6.87. The van der Waals surface area contributed by atoms with Crippen LogP contribution in [0.5, 0.6) is 0 Å². The molecule has 2 aliphatic rings. The highest BCUT2D eigenvalue weighted by Crippen LogP contribution is 2.24. The number of hydrogen-bond donors (Lipinski definition) is 1. The highest BCUT2D eigenvalue weighted by Gasteiger charge is 2.36. The summed E-state index contributed by atoms with van der Waals surface area (Å²) in [5.41, 5.74) is 0. The van der Waals surface area contributed by atoms with Crippen LogP contribution in [-0.4, -0.2) is 72.9 Å². The van der Waals surface area contributed by atoms with Crippen LogP contribution >= 0.6 is 0 Å². The zero-order valence-electron chi connectivity index (χ0n) is 12.9. The monoisotopic (exact) mass is 284 g/mol. The number of likely N-dealkylation sites (tertiary alicyclic amines) is 1. The van der Waals surface area contributed by atoms with E-state index in [2.05, 4.69) is 23.6 Å². The fraction of sp³-hybridized carbons (Fsp3) is 0.933. The molecule has 5 heteroatoms. The summed E-state index contributed by atoms with van der Waals surface area (Å²) in [6, 6.07) is 0. The molecule has 0 spiro atoms. The smallest absolute Gasteiger partial charge is 0.308 e. The lowest BCUT2D eigenvalue weighted by molar-refractivity contribution is -0.142. The minimum Gasteiger partial charge on any atom is -0.481 e. The number of ether oxygens (including phenoxy) is 1. The van der Waals surface area contributed by atoms with Gasteiger partial charge in [0.15, 0.2) is 0 Å². The number of nitrogens with zero attached hydrogens (tertiary/aromatic N) is 2. The van der Waals surface area contributed by atoms with Gasteiger partial charge in [-0.1, -0.05) is 20.8 Å². The van der Waals surface area contributed by atoms with Crippen LogP contribution in [0.4, 0.5) is 0 Å². The Labute approximate surface area is 121 Å². The van der Waals surface area contributed by atoms with Crippen LogP contribution in [0.2, 0.25) is 0 Å². The summed E-state index contributed by atoms with van der Waals surface area (Å²) in [6.45, 7) is 12.8. The van der Waals surface area contributed by atoms with Crippen LogP contribution in [0.3, 0.4) is 0 Å². The lowest BCUT2D eigenvalue weighted by Gasteiger charge is -2.35. The van der Waals surface area contributed by atoms with Gasteiger partial charge in [0.25, 0.3) is 0 Å². The largest absolute Gasteiger partial charge is 0.481 e. The lowest BCUT2D eigenvalue weighted by Crippen LogP contribution is -2.48. The third-order valence-corrected chi connectivity index (χ3v) is 4.31. The maximum atomic E-state index is 11.2. The Balaban J connectivity index is 1.80. The van der Waals surface area contributed by atoms with Gasteiger partial charge in [-0.2, -0.15) is 0 Å². The Bertz CT molecular complexity index is 335. The van der Waals surface area contributed by atoms with Crippen LogP contribution in [0, 0.1) is 17.8 Å². The molecule has 20 heavy (non-hydrogen) atoms. The first kappa shape index (κ1) is 15.7. The molecule has 5 nitrogen and oxygen atoms in total. The second-order valence-corrected chi connectivity index (χ2v) is 6.79. The summed E-state index contributed by atoms with van der Waals surface area (Å²) in [5, 5.41) is 9.18. The summed E-state index contributed by atoms with van der Waals surface area (Å²) in [7, 11) is 0. The Kier molecular flexibility index (Phi) is 5.41. The molecule has 1 N–H and O–H groups in total. The number of hydrogen-bond acceptors (Lipinski definition) is 4. The topological polar surface area (TPSA) is 53.0 Å². The molecule has 2 saturated heterocycles. The van der Waals surface area contributed by atoms with Crippen molar-refractivity contribution in [2.45, 2.75) is 26.9 Å². The zero-order valence-corrected chi connectivity index (χ0v) is 12.9. The van der Waals surface area contributed by atoms with Crippen molar-refractivity contribution in [2.75, 3.05) is 45.9 Å². The van der Waals surface area contributed by atoms with Gasteiger partial charge in [0.2, 0.25) is 0 Å². The standard InChI is InChI=1S/C15H28N2O3/c1-11(2)6-16-4-5-20-13(8-16)9-17-7-12(3)14(10-17)15(18)19/h11-14H,4-10H2,1-3H3,(H,18,19)/t12-,13?,14-/m1/s1. The van der Waals surface area contributed by atoms with Crippen LogP contribution in [0.15, 0.2) is 0 Å². The van der Waals surface area contributed by atoms with Gasteiger partial charge in [0.1, 0.15) is 0 Å². The van der Waals surface area contributed by atoms with Crippen molar-refractivity contribution in [2.24, 2.45) is 17.8 Å². The molecule has 0 saturated carbocycles. The van der Waals surface area contributed by atoms with Crippen molar-refractivity contribution in [3.8, 4) is 0 Å². The molecule has 0 aromatic rings. The minimum absolute atomic E-state index is 0.217. The van der Waals surface area contributed by atoms with Gasteiger partial charge in [-0.05, 0) is 11.8 Å². The van der Waals surface area contributed by atoms with E-state index in [1.165, 1.54) is 0 Å². The van der Waals surface area contributed by atoms with Crippen LogP contribution in [0.1, 0.15) is 20.8 Å². The summed E-state index contributed by atoms with van der Waals surface area (Å²) in [4.78, 5) is 15.9. The Hall–Kier alpha value is -0.650. The Morgan fingerprint density at radius 3 is 2.65 bits per heavy atom. The molecule has 3 atom stereocenters. The first-order chi connectivity index (χ1) is 9.45. The average Bonchev–Trinajstić information content (AvgIpc) is 2.70. The molecule has 2 rings (SSSR count). The van der Waals surface area contributed by atoms with Crippen molar-refractivity contribution in [3.63, 3.8) is 0 Å². The van der Waals surface area contributed by atoms with E-state index < -0.39 is 5.97 Å². The van der Waals surface area contributed by atoms with Gasteiger partial charge in [-0.15, -0.1) is 0 Å². The third-order valence-electron chi connectivity index (χ3n) is 4.31. The number of carboxylic acid groups (broad SMARTS) is 1. The molecule has 0 aliphatic carbocycles. The molecule has 2 aliphatic heterocycles. The van der Waals surface area contributed by atoms with Gasteiger partial charge >= 0.3 is 5.97 Å². The van der Waals surface area contributed by atoms with Crippen LogP contribution in [0.25, 0.3) is 0 Å². The number of morpholine rings is 1. The number of aliphatic carboxylic acids is 1. The molecule has 0 bridgehead atoms. The van der Waals surface area contributed by atoms with E-state index in [4.69, 9.17) is 4.74 Å². The van der Waals surface area contributed by atoms with Crippen LogP contribution in [-0.2, 0) is 9.53 Å². The van der Waals surface area contributed by atoms with E-state index >= 15 is 0 Å². The first-order valence-electron chi connectivity index (χ1n) is 7.74.